The van der Waals surface area contributed by atoms with E-state index in [9.17, 15) is 28.7 Å². The number of methoxy groups -OCH3 is 2. The SMILES string of the molecule is COc1ccc(C(CNC(=O)CN(CCN2CCOCC2)C(=O)Cc2ccc(NC(=O)Nc3ccccc3F)cc2)C(=O)O)cc1OC. The van der Waals surface area contributed by atoms with Gasteiger partial charge in [0.2, 0.25) is 11.8 Å². The van der Waals surface area contributed by atoms with Gasteiger partial charge >= 0.3 is 12.0 Å². The highest BCUT2D eigenvalue weighted by Crippen LogP contribution is 2.30. The molecular weight excluding hydrogens is 625 g/mol. The fourth-order valence-electron chi connectivity index (χ4n) is 5.08. The monoisotopic (exact) mass is 665 g/mol. The highest BCUT2D eigenvalue weighted by Gasteiger charge is 2.24. The van der Waals surface area contributed by atoms with Gasteiger partial charge in [0.25, 0.3) is 0 Å². The third-order valence-corrected chi connectivity index (χ3v) is 7.78. The zero-order valence-electron chi connectivity index (χ0n) is 26.9. The average molecular weight is 666 g/mol. The van der Waals surface area contributed by atoms with Crippen molar-refractivity contribution in [1.29, 1.82) is 0 Å². The zero-order valence-corrected chi connectivity index (χ0v) is 26.9. The number of hydrogen-bond donors (Lipinski definition) is 4. The lowest BCUT2D eigenvalue weighted by Crippen LogP contribution is -2.47. The molecule has 13 nitrogen and oxygen atoms in total. The van der Waals surface area contributed by atoms with Crippen molar-refractivity contribution < 1.29 is 42.9 Å². The van der Waals surface area contributed by atoms with E-state index in [0.29, 0.717) is 61.2 Å². The van der Waals surface area contributed by atoms with Crippen molar-refractivity contribution in [2.45, 2.75) is 12.3 Å². The molecule has 0 bridgehead atoms. The molecule has 0 aromatic heterocycles. The lowest BCUT2D eigenvalue weighted by atomic mass is 9.98. The summed E-state index contributed by atoms with van der Waals surface area (Å²) in [6.45, 7) is 2.93. The molecule has 3 aromatic rings. The number of carboxylic acid groups (broad SMARTS) is 1. The van der Waals surface area contributed by atoms with Gasteiger partial charge in [-0.05, 0) is 47.5 Å². The van der Waals surface area contributed by atoms with Crippen LogP contribution < -0.4 is 25.4 Å². The van der Waals surface area contributed by atoms with Crippen molar-refractivity contribution >= 4 is 35.2 Å². The van der Waals surface area contributed by atoms with E-state index in [4.69, 9.17) is 14.2 Å². The van der Waals surface area contributed by atoms with E-state index in [1.54, 1.807) is 48.5 Å². The maximum absolute atomic E-state index is 13.9. The van der Waals surface area contributed by atoms with Crippen LogP contribution in [0.2, 0.25) is 0 Å². The van der Waals surface area contributed by atoms with Crippen LogP contribution in [-0.4, -0.2) is 105 Å². The van der Waals surface area contributed by atoms with Crippen LogP contribution in [0.5, 0.6) is 11.5 Å². The number of urea groups is 1. The molecule has 1 atom stereocenters. The van der Waals surface area contributed by atoms with Gasteiger partial charge in [-0.25, -0.2) is 9.18 Å². The van der Waals surface area contributed by atoms with Gasteiger partial charge in [-0.3, -0.25) is 19.3 Å². The number of carboxylic acids is 1. The molecule has 1 aliphatic heterocycles. The number of rotatable bonds is 15. The van der Waals surface area contributed by atoms with E-state index in [-0.39, 0.29) is 37.6 Å². The lowest BCUT2D eigenvalue weighted by Gasteiger charge is -2.30. The van der Waals surface area contributed by atoms with Gasteiger partial charge < -0.3 is 40.2 Å². The Morgan fingerprint density at radius 2 is 1.67 bits per heavy atom. The molecule has 256 valence electrons. The molecule has 1 unspecified atom stereocenters. The smallest absolute Gasteiger partial charge is 0.323 e. The Morgan fingerprint density at radius 1 is 0.958 bits per heavy atom. The van der Waals surface area contributed by atoms with Crippen molar-refractivity contribution in [3.05, 3.63) is 83.7 Å². The van der Waals surface area contributed by atoms with Crippen LogP contribution >= 0.6 is 0 Å². The molecule has 0 aliphatic carbocycles. The molecule has 14 heteroatoms. The first-order valence-electron chi connectivity index (χ1n) is 15.4. The number of carbonyl (C=O) groups is 4. The second kappa shape index (κ2) is 17.6. The molecule has 0 radical (unpaired) electrons. The largest absolute Gasteiger partial charge is 0.493 e. The van der Waals surface area contributed by atoms with E-state index in [2.05, 4.69) is 20.9 Å². The van der Waals surface area contributed by atoms with Crippen LogP contribution in [0.15, 0.2) is 66.7 Å². The molecule has 48 heavy (non-hydrogen) atoms. The summed E-state index contributed by atoms with van der Waals surface area (Å²) in [6, 6.07) is 16.5. The number of aliphatic carboxylic acids is 1. The summed E-state index contributed by atoms with van der Waals surface area (Å²) in [5.74, 6) is -2.75. The van der Waals surface area contributed by atoms with Crippen LogP contribution in [0.25, 0.3) is 0 Å². The first-order chi connectivity index (χ1) is 23.2. The summed E-state index contributed by atoms with van der Waals surface area (Å²) in [7, 11) is 2.92. The topological polar surface area (TPSA) is 159 Å². The van der Waals surface area contributed by atoms with E-state index < -0.39 is 29.6 Å². The van der Waals surface area contributed by atoms with Gasteiger partial charge in [0, 0.05) is 38.4 Å². The summed E-state index contributed by atoms with van der Waals surface area (Å²) in [6.07, 6.45) is -0.0124. The number of para-hydroxylation sites is 1. The molecule has 1 aliphatic rings. The minimum absolute atomic E-state index is 0.0124. The van der Waals surface area contributed by atoms with Crippen LogP contribution in [0.3, 0.4) is 0 Å². The highest BCUT2D eigenvalue weighted by molar-refractivity contribution is 5.99. The fourth-order valence-corrected chi connectivity index (χ4v) is 5.08. The summed E-state index contributed by atoms with van der Waals surface area (Å²) in [4.78, 5) is 54.6. The van der Waals surface area contributed by atoms with E-state index in [0.717, 1.165) is 0 Å². The molecule has 1 heterocycles. The van der Waals surface area contributed by atoms with Gasteiger partial charge in [0.1, 0.15) is 5.82 Å². The minimum Gasteiger partial charge on any atom is -0.493 e. The number of hydrogen-bond acceptors (Lipinski definition) is 8. The summed E-state index contributed by atoms with van der Waals surface area (Å²) < 4.78 is 29.8. The van der Waals surface area contributed by atoms with Crippen molar-refractivity contribution in [3.8, 4) is 11.5 Å². The molecule has 3 aromatic carbocycles. The number of anilines is 2. The first-order valence-corrected chi connectivity index (χ1v) is 15.4. The van der Waals surface area contributed by atoms with Crippen LogP contribution in [0.4, 0.5) is 20.6 Å². The van der Waals surface area contributed by atoms with Crippen molar-refractivity contribution in [2.24, 2.45) is 0 Å². The second-order valence-corrected chi connectivity index (χ2v) is 11.0. The van der Waals surface area contributed by atoms with Gasteiger partial charge in [-0.1, -0.05) is 30.3 Å². The Hall–Kier alpha value is -5.21. The molecule has 4 N–H and O–H groups in total. The third-order valence-electron chi connectivity index (χ3n) is 7.78. The van der Waals surface area contributed by atoms with Crippen molar-refractivity contribution in [3.63, 3.8) is 0 Å². The number of amides is 4. The predicted molar refractivity (Wildman–Crippen MR) is 176 cm³/mol. The molecular formula is C34H40FN5O8. The maximum Gasteiger partial charge on any atom is 0.323 e. The van der Waals surface area contributed by atoms with Crippen molar-refractivity contribution in [1.82, 2.24) is 15.1 Å². The number of benzene rings is 3. The summed E-state index contributed by atoms with van der Waals surface area (Å²) >= 11 is 0. The standard InChI is InChI=1S/C34H40FN5O8/c1-46-29-12-9-24(20-30(29)47-2)26(33(43)44)21-36-31(41)22-40(14-13-39-15-17-48-18-16-39)32(42)19-23-7-10-25(11-8-23)37-34(45)38-28-6-4-3-5-27(28)35/h3-12,20,26H,13-19,21-22H2,1-2H3,(H,36,41)(H,43,44)(H2,37,38,45). The van der Waals surface area contributed by atoms with Crippen molar-refractivity contribution in [2.75, 3.05) is 77.3 Å². The molecule has 4 rings (SSSR count). The number of ether oxygens (including phenoxy) is 3. The molecule has 1 fully saturated rings. The normalized spacial score (nSPS) is 13.6. The molecule has 0 saturated carbocycles. The fraction of sp³-hybridized carbons (Fsp3) is 0.353. The molecule has 0 spiro atoms. The first kappa shape index (κ1) is 35.6. The highest BCUT2D eigenvalue weighted by atomic mass is 19.1. The quantitative estimate of drug-likeness (QED) is 0.191. The van der Waals surface area contributed by atoms with Gasteiger partial charge in [-0.2, -0.15) is 0 Å². The van der Waals surface area contributed by atoms with Gasteiger partial charge in [0.05, 0.1) is 52.0 Å². The predicted octanol–water partition coefficient (Wildman–Crippen LogP) is 3.17. The molecule has 4 amide bonds. The Balaban J connectivity index is 1.37. The average Bonchev–Trinajstić information content (AvgIpc) is 3.08. The lowest BCUT2D eigenvalue weighted by molar-refractivity contribution is -0.139. The number of nitrogens with zero attached hydrogens (tertiary/aromatic N) is 2. The van der Waals surface area contributed by atoms with Crippen LogP contribution in [-0.2, 0) is 25.5 Å². The van der Waals surface area contributed by atoms with E-state index >= 15 is 0 Å². The van der Waals surface area contributed by atoms with E-state index in [1.807, 2.05) is 0 Å². The Morgan fingerprint density at radius 3 is 2.33 bits per heavy atom. The Kier molecular flexibility index (Phi) is 13.1. The number of halogens is 1. The maximum atomic E-state index is 13.9. The number of nitrogens with one attached hydrogen (secondary N) is 3. The second-order valence-electron chi connectivity index (χ2n) is 11.0. The van der Waals surface area contributed by atoms with E-state index in [1.165, 1.54) is 37.3 Å². The van der Waals surface area contributed by atoms with Crippen LogP contribution in [0.1, 0.15) is 17.0 Å². The summed E-state index contributed by atoms with van der Waals surface area (Å²) in [5.41, 5.74) is 1.54. The summed E-state index contributed by atoms with van der Waals surface area (Å²) in [5, 5.41) is 17.6. The minimum atomic E-state index is -1.13. The van der Waals surface area contributed by atoms with Gasteiger partial charge in [0.15, 0.2) is 11.5 Å². The zero-order chi connectivity index (χ0) is 34.5. The number of morpholine rings is 1. The Bertz CT molecular complexity index is 1570. The Labute approximate surface area is 277 Å². The third kappa shape index (κ3) is 10.4. The van der Waals surface area contributed by atoms with Gasteiger partial charge in [-0.15, -0.1) is 0 Å². The molecule has 1 saturated heterocycles. The van der Waals surface area contributed by atoms with Crippen LogP contribution in [0, 0.1) is 5.82 Å². The number of carbonyl (C=O) groups excluding carboxylic acids is 3.